The molecule has 48 heavy (non-hydrogen) atoms. The number of hydrogen-bond donors (Lipinski definition) is 2. The van der Waals surface area contributed by atoms with Gasteiger partial charge in [-0.15, -0.1) is 23.5 Å². The van der Waals surface area contributed by atoms with Crippen LogP contribution in [0.5, 0.6) is 5.75 Å². The quantitative estimate of drug-likeness (QED) is 0.326. The highest BCUT2D eigenvalue weighted by atomic mass is 35.5. The van der Waals surface area contributed by atoms with Crippen LogP contribution in [0.1, 0.15) is 93.1 Å². The number of rotatable bonds is 4. The van der Waals surface area contributed by atoms with Gasteiger partial charge in [0.2, 0.25) is 10.0 Å². The molecule has 7 nitrogen and oxygen atoms in total. The number of aliphatic hydroxyl groups is 1. The number of halogens is 1. The van der Waals surface area contributed by atoms with Crippen molar-refractivity contribution in [1.82, 2.24) is 4.72 Å². The van der Waals surface area contributed by atoms with E-state index in [-0.39, 0.29) is 11.8 Å². The van der Waals surface area contributed by atoms with Gasteiger partial charge in [0.15, 0.2) is 0 Å². The summed E-state index contributed by atoms with van der Waals surface area (Å²) in [4.78, 5) is 15.9. The van der Waals surface area contributed by atoms with E-state index in [1.165, 1.54) is 41.9 Å². The van der Waals surface area contributed by atoms with Gasteiger partial charge in [-0.1, -0.05) is 44.4 Å². The first-order chi connectivity index (χ1) is 23.1. The summed E-state index contributed by atoms with van der Waals surface area (Å²) >= 11 is 10.8. The van der Waals surface area contributed by atoms with E-state index >= 15 is 0 Å². The average molecular weight is 737 g/mol. The number of benzene rings is 2. The molecule has 2 aromatic carbocycles. The fourth-order valence-corrected chi connectivity index (χ4v) is 12.8. The zero-order valence-electron chi connectivity index (χ0n) is 28.8. The maximum atomic E-state index is 13.5. The molecule has 0 aromatic heterocycles. The van der Waals surface area contributed by atoms with Gasteiger partial charge in [-0.05, 0) is 122 Å². The van der Waals surface area contributed by atoms with Crippen LogP contribution in [0.3, 0.4) is 0 Å². The average Bonchev–Trinajstić information content (AvgIpc) is 3.25. The van der Waals surface area contributed by atoms with Gasteiger partial charge in [0, 0.05) is 36.7 Å². The number of hydrogen-bond acceptors (Lipinski definition) is 8. The van der Waals surface area contributed by atoms with Crippen molar-refractivity contribution in [3.05, 3.63) is 58.1 Å². The maximum Gasteiger partial charge on any atom is 0.264 e. The van der Waals surface area contributed by atoms with Crippen LogP contribution in [0.4, 0.5) is 5.69 Å². The molecule has 0 radical (unpaired) electrons. The summed E-state index contributed by atoms with van der Waals surface area (Å²) in [5.41, 5.74) is 3.77. The summed E-state index contributed by atoms with van der Waals surface area (Å²) in [5, 5.41) is 7.10. The second-order valence-corrected chi connectivity index (χ2v) is 19.2. The molecule has 1 aliphatic carbocycles. The Morgan fingerprint density at radius 2 is 1.75 bits per heavy atom. The lowest BCUT2D eigenvalue weighted by Gasteiger charge is -2.47. The topological polar surface area (TPSA) is 95.9 Å². The molecule has 1 amide bonds. The van der Waals surface area contributed by atoms with Crippen LogP contribution in [0.25, 0.3) is 0 Å². The van der Waals surface area contributed by atoms with Gasteiger partial charge >= 0.3 is 0 Å². The monoisotopic (exact) mass is 736 g/mol. The fourth-order valence-electron chi connectivity index (χ4n) is 7.93. The lowest BCUT2D eigenvalue weighted by atomic mass is 9.66. The number of aryl methyl sites for hydroxylation is 1. The van der Waals surface area contributed by atoms with Gasteiger partial charge in [-0.25, -0.2) is 13.1 Å². The van der Waals surface area contributed by atoms with E-state index in [1.54, 1.807) is 13.0 Å². The fraction of sp³-hybridized carbons (Fsp3) is 0.649. The third-order valence-corrected chi connectivity index (χ3v) is 16.3. The third-order valence-electron chi connectivity index (χ3n) is 10.9. The number of ether oxygens (including phenoxy) is 1. The molecule has 0 spiro atoms. The van der Waals surface area contributed by atoms with Crippen molar-refractivity contribution >= 4 is 56.7 Å². The molecule has 1 saturated heterocycles. The number of nitrogens with zero attached hydrogens (tertiary/aromatic N) is 1. The van der Waals surface area contributed by atoms with E-state index in [4.69, 9.17) is 21.4 Å². The molecule has 3 heterocycles. The van der Waals surface area contributed by atoms with Crippen molar-refractivity contribution in [3.63, 3.8) is 0 Å². The van der Waals surface area contributed by atoms with Crippen molar-refractivity contribution in [1.29, 1.82) is 0 Å². The summed E-state index contributed by atoms with van der Waals surface area (Å²) in [6.07, 6.45) is 8.74. The summed E-state index contributed by atoms with van der Waals surface area (Å²) in [6.45, 7) is 8.16. The summed E-state index contributed by atoms with van der Waals surface area (Å²) in [6, 6.07) is 11.7. The highest BCUT2D eigenvalue weighted by Gasteiger charge is 2.43. The van der Waals surface area contributed by atoms with Gasteiger partial charge in [0.1, 0.15) is 5.75 Å². The number of thioether (sulfide) groups is 2. The molecular weight excluding hydrogens is 684 g/mol. The number of carbonyl (C=O) groups is 1. The van der Waals surface area contributed by atoms with Gasteiger partial charge in [0.25, 0.3) is 5.91 Å². The highest BCUT2D eigenvalue weighted by Crippen LogP contribution is 2.51. The molecule has 2 N–H and O–H groups in total. The largest absolute Gasteiger partial charge is 0.491 e. The van der Waals surface area contributed by atoms with E-state index in [9.17, 15) is 13.2 Å². The molecule has 2 bridgehead atoms. The maximum absolute atomic E-state index is 13.5. The zero-order valence-corrected chi connectivity index (χ0v) is 32.0. The SMILES string of the molecule is CCCc1cc(Cl)ccc1C1COc2ccc3cc2N(C1)CC1CCC1C(C1SCCCS1)CCCC(C)C(C)S(=O)(=O)NC3=O.CO. The Labute approximate surface area is 301 Å². The van der Waals surface area contributed by atoms with Crippen LogP contribution in [0.15, 0.2) is 36.4 Å². The van der Waals surface area contributed by atoms with Crippen LogP contribution >= 0.6 is 35.1 Å². The highest BCUT2D eigenvalue weighted by molar-refractivity contribution is 8.17. The predicted molar refractivity (Wildman–Crippen MR) is 202 cm³/mol. The molecule has 6 rings (SSSR count). The van der Waals surface area contributed by atoms with Crippen molar-refractivity contribution in [2.75, 3.05) is 43.2 Å². The predicted octanol–water partition coefficient (Wildman–Crippen LogP) is 7.99. The molecule has 6 unspecified atom stereocenters. The van der Waals surface area contributed by atoms with Crippen molar-refractivity contribution < 1.29 is 23.1 Å². The zero-order chi connectivity index (χ0) is 34.4. The smallest absolute Gasteiger partial charge is 0.264 e. The normalized spacial score (nSPS) is 29.5. The van der Waals surface area contributed by atoms with Crippen LogP contribution in [0.2, 0.25) is 5.02 Å². The van der Waals surface area contributed by atoms with Gasteiger partial charge in [-0.2, -0.15) is 0 Å². The Bertz CT molecular complexity index is 1500. The number of sulfonamides is 1. The summed E-state index contributed by atoms with van der Waals surface area (Å²) in [7, 11) is -2.84. The van der Waals surface area contributed by atoms with Crippen molar-refractivity contribution in [3.8, 4) is 5.75 Å². The number of amides is 1. The Morgan fingerprint density at radius 3 is 2.46 bits per heavy atom. The molecular formula is C37H53ClN2O5S3. The first-order valence-electron chi connectivity index (χ1n) is 17.7. The van der Waals surface area contributed by atoms with Crippen LogP contribution in [-0.4, -0.2) is 67.6 Å². The molecule has 2 aromatic rings. The third kappa shape index (κ3) is 8.64. The number of anilines is 1. The lowest BCUT2D eigenvalue weighted by molar-refractivity contribution is 0.0980. The molecule has 4 aliphatic rings. The van der Waals surface area contributed by atoms with Crippen LogP contribution in [0, 0.1) is 23.7 Å². The second kappa shape index (κ2) is 17.1. The molecule has 11 heteroatoms. The van der Waals surface area contributed by atoms with E-state index in [2.05, 4.69) is 52.2 Å². The molecule has 3 aliphatic heterocycles. The number of nitrogens with one attached hydrogen (secondary N) is 1. The summed E-state index contributed by atoms with van der Waals surface area (Å²) < 4.78 is 36.4. The minimum absolute atomic E-state index is 0.0407. The first-order valence-corrected chi connectivity index (χ1v) is 21.7. The van der Waals surface area contributed by atoms with Crippen molar-refractivity contribution in [2.24, 2.45) is 23.7 Å². The minimum Gasteiger partial charge on any atom is -0.491 e. The van der Waals surface area contributed by atoms with Crippen LogP contribution in [-0.2, 0) is 16.4 Å². The van der Waals surface area contributed by atoms with E-state index in [0.29, 0.717) is 34.5 Å². The Balaban J connectivity index is 0.00000221. The second-order valence-electron chi connectivity index (χ2n) is 13.9. The van der Waals surface area contributed by atoms with Gasteiger partial charge in [-0.3, -0.25) is 4.79 Å². The van der Waals surface area contributed by atoms with Crippen molar-refractivity contribution in [2.45, 2.75) is 87.9 Å². The molecule has 266 valence electrons. The Morgan fingerprint density at radius 1 is 0.979 bits per heavy atom. The Hall–Kier alpha value is -1.59. The van der Waals surface area contributed by atoms with E-state index in [1.807, 2.05) is 25.1 Å². The summed E-state index contributed by atoms with van der Waals surface area (Å²) in [5.74, 6) is 4.58. The minimum atomic E-state index is -3.84. The lowest BCUT2D eigenvalue weighted by Crippen LogP contribution is -2.45. The Kier molecular flexibility index (Phi) is 13.4. The number of aliphatic hydroxyl groups excluding tert-OH is 1. The van der Waals surface area contributed by atoms with Crippen LogP contribution < -0.4 is 14.4 Å². The number of carbonyl (C=O) groups excluding carboxylic acids is 1. The van der Waals surface area contributed by atoms with E-state index < -0.39 is 21.2 Å². The standard InChI is InChI=1S/C36H49ClN2O4S3.CH4O/c1-4-7-25-18-29(37)12-14-30(25)28-21-39-20-27-10-13-31(27)32(36-44-16-6-17-45-36)9-5-8-23(2)24(3)46(41,42)38-35(40)26-11-15-34(43-22-28)33(39)19-26;1-2/h11-12,14-15,18-19,23-24,27-28,31-32,36H,4-10,13,16-17,20-22H2,1-3H3,(H,38,40);2H,1H3. The number of fused-ring (bicyclic) bond motifs is 2. The van der Waals surface area contributed by atoms with E-state index in [0.717, 1.165) is 68.8 Å². The van der Waals surface area contributed by atoms with Gasteiger partial charge in [0.05, 0.1) is 22.1 Å². The first kappa shape index (κ1) is 37.7. The molecule has 1 saturated carbocycles. The van der Waals surface area contributed by atoms with Gasteiger partial charge < -0.3 is 14.7 Å². The molecule has 6 atom stereocenters. The molecule has 2 fully saturated rings.